The van der Waals surface area contributed by atoms with E-state index in [-0.39, 0.29) is 17.2 Å². The molecule has 0 spiro atoms. The van der Waals surface area contributed by atoms with Crippen LogP contribution < -0.4 is 10.3 Å². The molecule has 0 radical (unpaired) electrons. The van der Waals surface area contributed by atoms with Crippen LogP contribution in [0.4, 0.5) is 0 Å². The summed E-state index contributed by atoms with van der Waals surface area (Å²) in [4.78, 5) is 19.2. The van der Waals surface area contributed by atoms with E-state index in [1.54, 1.807) is 7.11 Å². The zero-order valence-corrected chi connectivity index (χ0v) is 23.5. The fourth-order valence-corrected chi connectivity index (χ4v) is 5.35. The molecule has 2 aromatic carbocycles. The largest absolute Gasteiger partial charge is 0.497 e. The first-order chi connectivity index (χ1) is 18.8. The van der Waals surface area contributed by atoms with Gasteiger partial charge in [-0.15, -0.1) is 5.10 Å². The molecular formula is C30H38N6O3. The van der Waals surface area contributed by atoms with Crippen LogP contribution in [0.1, 0.15) is 69.1 Å². The lowest BCUT2D eigenvalue weighted by atomic mass is 9.99. The van der Waals surface area contributed by atoms with Crippen molar-refractivity contribution in [3.63, 3.8) is 0 Å². The van der Waals surface area contributed by atoms with Gasteiger partial charge in [0.15, 0.2) is 5.82 Å². The summed E-state index contributed by atoms with van der Waals surface area (Å²) in [5.74, 6) is 1.41. The third-order valence-electron chi connectivity index (χ3n) is 7.36. The third kappa shape index (κ3) is 5.89. The minimum Gasteiger partial charge on any atom is -0.497 e. The highest BCUT2D eigenvalue weighted by Gasteiger charge is 2.35. The number of nitrogens with one attached hydrogen (secondary N) is 1. The molecule has 1 saturated heterocycles. The van der Waals surface area contributed by atoms with Crippen molar-refractivity contribution >= 4 is 10.9 Å². The molecule has 0 bridgehead atoms. The van der Waals surface area contributed by atoms with Crippen molar-refractivity contribution < 1.29 is 9.47 Å². The maximum Gasteiger partial charge on any atom is 0.253 e. The molecule has 9 nitrogen and oxygen atoms in total. The van der Waals surface area contributed by atoms with E-state index in [9.17, 15) is 4.79 Å². The highest BCUT2D eigenvalue weighted by Crippen LogP contribution is 2.32. The summed E-state index contributed by atoms with van der Waals surface area (Å²) in [5, 5.41) is 14.0. The average Bonchev–Trinajstić information content (AvgIpc) is 3.61. The Morgan fingerprint density at radius 2 is 2.03 bits per heavy atom. The highest BCUT2D eigenvalue weighted by atomic mass is 16.5. The van der Waals surface area contributed by atoms with Crippen LogP contribution in [-0.2, 0) is 23.2 Å². The lowest BCUT2D eigenvalue weighted by Gasteiger charge is -2.34. The van der Waals surface area contributed by atoms with Gasteiger partial charge in [-0.25, -0.2) is 4.68 Å². The number of aryl methyl sites for hydroxylation is 1. The van der Waals surface area contributed by atoms with Gasteiger partial charge in [0, 0.05) is 30.8 Å². The molecule has 4 aromatic rings. The number of aromatic nitrogens is 5. The number of methoxy groups -OCH3 is 1. The SMILES string of the molecule is CCc1ccc2[nH]c(=O)c([C@H](c3nnnn3C(C)(C)C)N(Cc3cccc(OC)c3)C[C@H]3CCCO3)cc2c1. The quantitative estimate of drug-likeness (QED) is 0.337. The number of fused-ring (bicyclic) bond motifs is 1. The monoisotopic (exact) mass is 530 g/mol. The summed E-state index contributed by atoms with van der Waals surface area (Å²) >= 11 is 0. The topological polar surface area (TPSA) is 98.2 Å². The van der Waals surface area contributed by atoms with E-state index in [1.807, 2.05) is 35.0 Å². The summed E-state index contributed by atoms with van der Waals surface area (Å²) in [7, 11) is 1.67. The summed E-state index contributed by atoms with van der Waals surface area (Å²) in [6, 6.07) is 15.7. The van der Waals surface area contributed by atoms with Crippen LogP contribution in [-0.4, -0.2) is 56.5 Å². The number of benzene rings is 2. The Kier molecular flexibility index (Phi) is 7.81. The van der Waals surface area contributed by atoms with Crippen molar-refractivity contribution in [3.05, 3.63) is 81.4 Å². The Hall–Kier alpha value is -3.56. The molecule has 3 heterocycles. The maximum absolute atomic E-state index is 13.8. The zero-order valence-electron chi connectivity index (χ0n) is 23.5. The molecule has 9 heteroatoms. The first kappa shape index (κ1) is 27.0. The molecule has 2 aromatic heterocycles. The van der Waals surface area contributed by atoms with E-state index in [4.69, 9.17) is 9.47 Å². The fourth-order valence-electron chi connectivity index (χ4n) is 5.35. The normalized spacial score (nSPS) is 16.7. The van der Waals surface area contributed by atoms with Crippen LogP contribution in [0.2, 0.25) is 0 Å². The number of hydrogen-bond donors (Lipinski definition) is 1. The van der Waals surface area contributed by atoms with E-state index < -0.39 is 6.04 Å². The van der Waals surface area contributed by atoms with Gasteiger partial charge in [-0.1, -0.05) is 25.1 Å². The van der Waals surface area contributed by atoms with Crippen molar-refractivity contribution in [1.29, 1.82) is 0 Å². The van der Waals surface area contributed by atoms with Crippen molar-refractivity contribution in [1.82, 2.24) is 30.1 Å². The lowest BCUT2D eigenvalue weighted by Crippen LogP contribution is -2.40. The van der Waals surface area contributed by atoms with Gasteiger partial charge in [-0.2, -0.15) is 0 Å². The van der Waals surface area contributed by atoms with Crippen molar-refractivity contribution in [2.45, 2.75) is 71.2 Å². The predicted molar refractivity (Wildman–Crippen MR) is 151 cm³/mol. The summed E-state index contributed by atoms with van der Waals surface area (Å²) in [6.45, 7) is 10.3. The van der Waals surface area contributed by atoms with Crippen molar-refractivity contribution in [3.8, 4) is 5.75 Å². The Morgan fingerprint density at radius 3 is 2.74 bits per heavy atom. The van der Waals surface area contributed by atoms with Gasteiger partial charge in [-0.3, -0.25) is 9.69 Å². The Balaban J connectivity index is 1.70. The van der Waals surface area contributed by atoms with Crippen LogP contribution in [0.25, 0.3) is 10.9 Å². The number of pyridine rings is 1. The van der Waals surface area contributed by atoms with Gasteiger partial charge in [0.2, 0.25) is 0 Å². The molecule has 1 aliphatic rings. The summed E-state index contributed by atoms with van der Waals surface area (Å²) in [6.07, 6.45) is 2.97. The van der Waals surface area contributed by atoms with Gasteiger partial charge in [-0.05, 0) is 97.3 Å². The molecule has 0 aliphatic carbocycles. The predicted octanol–water partition coefficient (Wildman–Crippen LogP) is 4.61. The number of rotatable bonds is 9. The van der Waals surface area contributed by atoms with Gasteiger partial charge >= 0.3 is 0 Å². The molecule has 0 unspecified atom stereocenters. The second kappa shape index (κ2) is 11.3. The minimum absolute atomic E-state index is 0.0586. The molecule has 0 amide bonds. The smallest absolute Gasteiger partial charge is 0.253 e. The van der Waals surface area contributed by atoms with Crippen molar-refractivity contribution in [2.75, 3.05) is 20.3 Å². The first-order valence-electron chi connectivity index (χ1n) is 13.7. The number of aromatic amines is 1. The van der Waals surface area contributed by atoms with E-state index in [1.165, 1.54) is 5.56 Å². The number of nitrogens with zero attached hydrogens (tertiary/aromatic N) is 5. The first-order valence-corrected chi connectivity index (χ1v) is 13.7. The van der Waals surface area contributed by atoms with E-state index in [2.05, 4.69) is 71.3 Å². The Morgan fingerprint density at radius 1 is 1.18 bits per heavy atom. The highest BCUT2D eigenvalue weighted by molar-refractivity contribution is 5.80. The van der Waals surface area contributed by atoms with Gasteiger partial charge in [0.1, 0.15) is 11.8 Å². The number of hydrogen-bond acceptors (Lipinski definition) is 7. The average molecular weight is 531 g/mol. The number of tetrazole rings is 1. The second-order valence-electron chi connectivity index (χ2n) is 11.3. The molecule has 0 saturated carbocycles. The number of ether oxygens (including phenoxy) is 2. The fraction of sp³-hybridized carbons (Fsp3) is 0.467. The van der Waals surface area contributed by atoms with Crippen molar-refractivity contribution in [2.24, 2.45) is 0 Å². The van der Waals surface area contributed by atoms with E-state index >= 15 is 0 Å². The lowest BCUT2D eigenvalue weighted by molar-refractivity contribution is 0.0564. The summed E-state index contributed by atoms with van der Waals surface area (Å²) in [5.41, 5.74) is 3.16. The molecule has 2 atom stereocenters. The summed E-state index contributed by atoms with van der Waals surface area (Å²) < 4.78 is 13.4. The number of H-pyrrole nitrogens is 1. The van der Waals surface area contributed by atoms with Crippen LogP contribution in [0, 0.1) is 0 Å². The van der Waals surface area contributed by atoms with Gasteiger partial charge in [0.05, 0.1) is 18.8 Å². The molecule has 206 valence electrons. The van der Waals surface area contributed by atoms with Gasteiger partial charge in [0.25, 0.3) is 5.56 Å². The Bertz CT molecular complexity index is 1480. The van der Waals surface area contributed by atoms with Crippen LogP contribution in [0.15, 0.2) is 53.3 Å². The minimum atomic E-state index is -0.506. The van der Waals surface area contributed by atoms with E-state index in [0.29, 0.717) is 24.5 Å². The molecule has 39 heavy (non-hydrogen) atoms. The molecule has 1 aliphatic heterocycles. The van der Waals surface area contributed by atoms with Crippen LogP contribution in [0.3, 0.4) is 0 Å². The molecule has 1 N–H and O–H groups in total. The standard InChI is InChI=1S/C30H38N6O3/c1-6-20-12-13-26-22(15-20)17-25(29(37)31-26)27(28-32-33-34-36(28)30(2,3)4)35(19-24-11-8-14-39-24)18-21-9-7-10-23(16-21)38-5/h7,9-10,12-13,15-17,24,27H,6,8,11,14,18-19H2,1-5H3,(H,31,37)/t24-,27-/m1/s1. The zero-order chi connectivity index (χ0) is 27.6. The van der Waals surface area contributed by atoms with Gasteiger partial charge < -0.3 is 14.5 Å². The van der Waals surface area contributed by atoms with Crippen LogP contribution >= 0.6 is 0 Å². The van der Waals surface area contributed by atoms with E-state index in [0.717, 1.165) is 48.1 Å². The third-order valence-corrected chi connectivity index (χ3v) is 7.36. The molecular weight excluding hydrogens is 492 g/mol. The maximum atomic E-state index is 13.8. The second-order valence-corrected chi connectivity index (χ2v) is 11.3. The van der Waals surface area contributed by atoms with Crippen LogP contribution in [0.5, 0.6) is 5.75 Å². The molecule has 1 fully saturated rings. The molecule has 5 rings (SSSR count). The Labute approximate surface area is 229 Å².